The lowest BCUT2D eigenvalue weighted by molar-refractivity contribution is 0.302. The molecule has 10 heavy (non-hydrogen) atoms. The van der Waals surface area contributed by atoms with E-state index < -0.39 is 0 Å². The van der Waals surface area contributed by atoms with Gasteiger partial charge in [0, 0.05) is 6.04 Å². The van der Waals surface area contributed by atoms with Crippen LogP contribution in [0.15, 0.2) is 0 Å². The smallest absolute Gasteiger partial charge is 0.00675 e. The molecule has 0 aromatic rings. The molecule has 2 unspecified atom stereocenters. The maximum absolute atomic E-state index is 5.59. The van der Waals surface area contributed by atoms with Gasteiger partial charge in [-0.25, -0.2) is 0 Å². The molecule has 0 aromatic carbocycles. The van der Waals surface area contributed by atoms with Crippen LogP contribution < -0.4 is 11.1 Å². The molecule has 60 valence electrons. The van der Waals surface area contributed by atoms with Crippen molar-refractivity contribution in [3.05, 3.63) is 0 Å². The van der Waals surface area contributed by atoms with Crippen LogP contribution in [0.1, 0.15) is 26.2 Å². The van der Waals surface area contributed by atoms with Crippen LogP contribution in [0.4, 0.5) is 0 Å². The van der Waals surface area contributed by atoms with Gasteiger partial charge in [-0.05, 0) is 38.3 Å². The summed E-state index contributed by atoms with van der Waals surface area (Å²) in [5.74, 6) is 0.784. The van der Waals surface area contributed by atoms with Gasteiger partial charge in [-0.2, -0.15) is 0 Å². The van der Waals surface area contributed by atoms with Crippen molar-refractivity contribution < 1.29 is 0 Å². The van der Waals surface area contributed by atoms with E-state index >= 15 is 0 Å². The molecule has 0 bridgehead atoms. The second-order valence-corrected chi connectivity index (χ2v) is 3.19. The van der Waals surface area contributed by atoms with E-state index in [0.29, 0.717) is 0 Å². The third-order valence-electron chi connectivity index (χ3n) is 2.43. The lowest BCUT2D eigenvalue weighted by Crippen LogP contribution is -2.39. The van der Waals surface area contributed by atoms with Gasteiger partial charge >= 0.3 is 0 Å². The van der Waals surface area contributed by atoms with E-state index in [9.17, 15) is 0 Å². The molecule has 0 radical (unpaired) electrons. The first-order chi connectivity index (χ1) is 4.86. The molecule has 0 saturated carbocycles. The molecule has 1 fully saturated rings. The molecule has 1 aliphatic rings. The summed E-state index contributed by atoms with van der Waals surface area (Å²) in [6.45, 7) is 4.27. The van der Waals surface area contributed by atoms with E-state index in [2.05, 4.69) is 12.2 Å². The highest BCUT2D eigenvalue weighted by Gasteiger charge is 2.18. The Balaban J connectivity index is 2.25. The summed E-state index contributed by atoms with van der Waals surface area (Å²) in [5.41, 5.74) is 5.59. The van der Waals surface area contributed by atoms with E-state index in [-0.39, 0.29) is 0 Å². The summed E-state index contributed by atoms with van der Waals surface area (Å²) >= 11 is 0. The molecule has 1 rings (SSSR count). The number of nitrogens with two attached hydrogens (primary N) is 1. The van der Waals surface area contributed by atoms with Crippen LogP contribution in [0.2, 0.25) is 0 Å². The predicted octanol–water partition coefficient (Wildman–Crippen LogP) is 0.723. The fraction of sp³-hybridized carbons (Fsp3) is 1.00. The SMILES string of the molecule is CCC1CC(CN)CCN1. The minimum atomic E-state index is 0.738. The Morgan fingerprint density at radius 3 is 3.00 bits per heavy atom. The first kappa shape index (κ1) is 8.02. The Hall–Kier alpha value is -0.0800. The van der Waals surface area contributed by atoms with E-state index in [1.165, 1.54) is 25.8 Å². The molecule has 0 spiro atoms. The quantitative estimate of drug-likeness (QED) is 0.596. The molecule has 1 aliphatic heterocycles. The number of nitrogens with one attached hydrogen (secondary N) is 1. The zero-order valence-electron chi connectivity index (χ0n) is 6.77. The second kappa shape index (κ2) is 3.94. The highest BCUT2D eigenvalue weighted by molar-refractivity contribution is 4.77. The zero-order chi connectivity index (χ0) is 7.40. The summed E-state index contributed by atoms with van der Waals surface area (Å²) in [5, 5.41) is 3.48. The predicted molar refractivity (Wildman–Crippen MR) is 43.9 cm³/mol. The maximum Gasteiger partial charge on any atom is 0.00675 e. The molecule has 2 atom stereocenters. The lowest BCUT2D eigenvalue weighted by Gasteiger charge is -2.28. The van der Waals surface area contributed by atoms with Gasteiger partial charge < -0.3 is 11.1 Å². The van der Waals surface area contributed by atoms with Crippen molar-refractivity contribution in [1.82, 2.24) is 5.32 Å². The lowest BCUT2D eigenvalue weighted by atomic mass is 9.91. The van der Waals surface area contributed by atoms with Crippen LogP contribution in [0.3, 0.4) is 0 Å². The number of hydrogen-bond acceptors (Lipinski definition) is 2. The minimum absolute atomic E-state index is 0.738. The average molecular weight is 142 g/mol. The summed E-state index contributed by atoms with van der Waals surface area (Å²) < 4.78 is 0. The molecule has 0 aliphatic carbocycles. The van der Waals surface area contributed by atoms with Gasteiger partial charge in [0.15, 0.2) is 0 Å². The van der Waals surface area contributed by atoms with Gasteiger partial charge in [-0.1, -0.05) is 6.92 Å². The van der Waals surface area contributed by atoms with E-state index in [1.54, 1.807) is 0 Å². The van der Waals surface area contributed by atoms with Gasteiger partial charge in [0.25, 0.3) is 0 Å². The van der Waals surface area contributed by atoms with Gasteiger partial charge in [0.2, 0.25) is 0 Å². The maximum atomic E-state index is 5.59. The number of rotatable bonds is 2. The Labute approximate surface area is 63.2 Å². The molecule has 0 amide bonds. The van der Waals surface area contributed by atoms with E-state index in [0.717, 1.165) is 18.5 Å². The first-order valence-electron chi connectivity index (χ1n) is 4.30. The normalized spacial score (nSPS) is 34.2. The second-order valence-electron chi connectivity index (χ2n) is 3.19. The third-order valence-corrected chi connectivity index (χ3v) is 2.43. The van der Waals surface area contributed by atoms with Crippen molar-refractivity contribution in [2.24, 2.45) is 11.7 Å². The van der Waals surface area contributed by atoms with Gasteiger partial charge in [0.05, 0.1) is 0 Å². The van der Waals surface area contributed by atoms with Crippen molar-refractivity contribution in [1.29, 1.82) is 0 Å². The fourth-order valence-electron chi connectivity index (χ4n) is 1.62. The first-order valence-corrected chi connectivity index (χ1v) is 4.30. The molecular weight excluding hydrogens is 124 g/mol. The van der Waals surface area contributed by atoms with Crippen molar-refractivity contribution in [3.8, 4) is 0 Å². The molecular formula is C8H18N2. The topological polar surface area (TPSA) is 38.0 Å². The Kier molecular flexibility index (Phi) is 3.16. The van der Waals surface area contributed by atoms with Crippen LogP contribution in [0, 0.1) is 5.92 Å². The largest absolute Gasteiger partial charge is 0.330 e. The monoisotopic (exact) mass is 142 g/mol. The number of piperidine rings is 1. The molecule has 2 heteroatoms. The average Bonchev–Trinajstić information content (AvgIpc) is 2.05. The molecule has 3 N–H and O–H groups in total. The fourth-order valence-corrected chi connectivity index (χ4v) is 1.62. The number of hydrogen-bond donors (Lipinski definition) is 2. The summed E-state index contributed by atoms with van der Waals surface area (Å²) in [7, 11) is 0. The third kappa shape index (κ3) is 1.96. The summed E-state index contributed by atoms with van der Waals surface area (Å²) in [6.07, 6.45) is 3.80. The van der Waals surface area contributed by atoms with Crippen molar-refractivity contribution in [3.63, 3.8) is 0 Å². The highest BCUT2D eigenvalue weighted by atomic mass is 14.9. The van der Waals surface area contributed by atoms with Crippen LogP contribution in [-0.2, 0) is 0 Å². The van der Waals surface area contributed by atoms with Crippen LogP contribution in [0.5, 0.6) is 0 Å². The van der Waals surface area contributed by atoms with Gasteiger partial charge in [-0.15, -0.1) is 0 Å². The van der Waals surface area contributed by atoms with Crippen LogP contribution in [-0.4, -0.2) is 19.1 Å². The van der Waals surface area contributed by atoms with Gasteiger partial charge in [0.1, 0.15) is 0 Å². The molecule has 1 saturated heterocycles. The van der Waals surface area contributed by atoms with Gasteiger partial charge in [-0.3, -0.25) is 0 Å². The minimum Gasteiger partial charge on any atom is -0.330 e. The summed E-state index contributed by atoms with van der Waals surface area (Å²) in [4.78, 5) is 0. The molecule has 0 aromatic heterocycles. The highest BCUT2D eigenvalue weighted by Crippen LogP contribution is 2.15. The van der Waals surface area contributed by atoms with Crippen molar-refractivity contribution >= 4 is 0 Å². The summed E-state index contributed by atoms with van der Waals surface area (Å²) in [6, 6.07) is 0.738. The van der Waals surface area contributed by atoms with Crippen LogP contribution in [0.25, 0.3) is 0 Å². The zero-order valence-corrected chi connectivity index (χ0v) is 6.77. The Morgan fingerprint density at radius 2 is 2.40 bits per heavy atom. The van der Waals surface area contributed by atoms with Crippen LogP contribution >= 0.6 is 0 Å². The van der Waals surface area contributed by atoms with Crippen molar-refractivity contribution in [2.45, 2.75) is 32.2 Å². The Morgan fingerprint density at radius 1 is 1.60 bits per heavy atom. The molecule has 2 nitrogen and oxygen atoms in total. The van der Waals surface area contributed by atoms with E-state index in [4.69, 9.17) is 5.73 Å². The Bertz CT molecular complexity index is 83.3. The standard InChI is InChI=1S/C8H18N2/c1-2-8-5-7(6-9)3-4-10-8/h7-8,10H,2-6,9H2,1H3. The van der Waals surface area contributed by atoms with Crippen molar-refractivity contribution in [2.75, 3.05) is 13.1 Å². The molecule has 1 heterocycles. The van der Waals surface area contributed by atoms with E-state index in [1.807, 2.05) is 0 Å².